The van der Waals surface area contributed by atoms with Gasteiger partial charge in [-0.25, -0.2) is 9.97 Å². The molecule has 2 aliphatic rings. The number of nitrogens with zero attached hydrogens (tertiary/aromatic N) is 4. The van der Waals surface area contributed by atoms with Crippen LogP contribution in [0.25, 0.3) is 0 Å². The maximum absolute atomic E-state index is 9.07. The van der Waals surface area contributed by atoms with E-state index in [0.717, 1.165) is 24.5 Å². The lowest BCUT2D eigenvalue weighted by atomic mass is 10.2. The van der Waals surface area contributed by atoms with Gasteiger partial charge < -0.3 is 10.1 Å². The minimum atomic E-state index is -0.0130. The molecule has 2 N–H and O–H groups in total. The first kappa shape index (κ1) is 14.2. The Morgan fingerprint density at radius 3 is 3.09 bits per heavy atom. The second-order valence-electron chi connectivity index (χ2n) is 6.07. The number of hydrogen-bond acceptors (Lipinski definition) is 6. The maximum atomic E-state index is 9.07. The van der Waals surface area contributed by atoms with Gasteiger partial charge in [-0.2, -0.15) is 10.4 Å². The summed E-state index contributed by atoms with van der Waals surface area (Å²) in [6, 6.07) is 5.64. The highest BCUT2D eigenvalue weighted by Gasteiger charge is 2.32. The van der Waals surface area contributed by atoms with Crippen LogP contribution in [0.4, 0.5) is 5.82 Å². The number of ether oxygens (including phenoxy) is 1. The summed E-state index contributed by atoms with van der Waals surface area (Å²) in [7, 11) is 0. The number of aromatic amines is 1. The van der Waals surface area contributed by atoms with E-state index in [1.165, 1.54) is 12.8 Å². The van der Waals surface area contributed by atoms with Crippen LogP contribution in [-0.4, -0.2) is 32.8 Å². The van der Waals surface area contributed by atoms with Crippen LogP contribution in [0.5, 0.6) is 0 Å². The average molecular weight is 310 g/mol. The van der Waals surface area contributed by atoms with Crippen molar-refractivity contribution in [1.82, 2.24) is 20.2 Å². The van der Waals surface area contributed by atoms with E-state index < -0.39 is 0 Å². The molecule has 7 nitrogen and oxygen atoms in total. The van der Waals surface area contributed by atoms with Gasteiger partial charge in [-0.05, 0) is 37.8 Å². The van der Waals surface area contributed by atoms with Crippen LogP contribution >= 0.6 is 0 Å². The standard InChI is InChI=1S/C16H18N6O/c17-8-11-2-1-7-18-14(11)19-9-12-5-6-13(23-12)16-20-15(21-22-16)10-3-4-10/h1-2,7,10,12-13H,3-6,9H2,(H,18,19)(H,20,21,22)/t12-,13+/m1/s1. The molecule has 1 saturated carbocycles. The topological polar surface area (TPSA) is 99.5 Å². The number of nitrogens with one attached hydrogen (secondary N) is 2. The van der Waals surface area contributed by atoms with Crippen LogP contribution in [0.1, 0.15) is 54.9 Å². The van der Waals surface area contributed by atoms with E-state index in [1.54, 1.807) is 18.3 Å². The third kappa shape index (κ3) is 3.03. The zero-order chi connectivity index (χ0) is 15.6. The number of pyridine rings is 1. The van der Waals surface area contributed by atoms with Crippen LogP contribution in [-0.2, 0) is 4.74 Å². The second-order valence-corrected chi connectivity index (χ2v) is 6.07. The lowest BCUT2D eigenvalue weighted by molar-refractivity contribution is 0.0471. The lowest BCUT2D eigenvalue weighted by Gasteiger charge is -2.13. The quantitative estimate of drug-likeness (QED) is 0.879. The van der Waals surface area contributed by atoms with Gasteiger partial charge in [0, 0.05) is 18.7 Å². The molecule has 0 radical (unpaired) electrons. The Labute approximate surface area is 134 Å². The highest BCUT2D eigenvalue weighted by molar-refractivity contribution is 5.51. The molecule has 0 aromatic carbocycles. The molecule has 2 aromatic rings. The third-order valence-corrected chi connectivity index (χ3v) is 4.30. The third-order valence-electron chi connectivity index (χ3n) is 4.30. The van der Waals surface area contributed by atoms with Gasteiger partial charge in [-0.15, -0.1) is 0 Å². The monoisotopic (exact) mass is 310 g/mol. The first-order chi connectivity index (χ1) is 11.3. The number of nitriles is 1. The molecule has 2 atom stereocenters. The minimum absolute atomic E-state index is 0.0130. The Morgan fingerprint density at radius 2 is 2.26 bits per heavy atom. The first-order valence-corrected chi connectivity index (χ1v) is 8.00. The number of rotatable bonds is 5. The molecular formula is C16H18N6O. The summed E-state index contributed by atoms with van der Waals surface area (Å²) in [5.74, 6) is 2.92. The zero-order valence-electron chi connectivity index (χ0n) is 12.7. The van der Waals surface area contributed by atoms with E-state index >= 15 is 0 Å². The highest BCUT2D eigenvalue weighted by Crippen LogP contribution is 2.39. The van der Waals surface area contributed by atoms with Crippen molar-refractivity contribution >= 4 is 5.82 Å². The van der Waals surface area contributed by atoms with Crippen molar-refractivity contribution in [3.8, 4) is 6.07 Å². The van der Waals surface area contributed by atoms with E-state index in [1.807, 2.05) is 0 Å². The molecule has 118 valence electrons. The molecule has 7 heteroatoms. The summed E-state index contributed by atoms with van der Waals surface area (Å²) < 4.78 is 6.05. The normalized spacial score (nSPS) is 23.6. The predicted octanol–water partition coefficient (Wildman–Crippen LogP) is 2.28. The highest BCUT2D eigenvalue weighted by atomic mass is 16.5. The second kappa shape index (κ2) is 5.97. The summed E-state index contributed by atoms with van der Waals surface area (Å²) in [6.45, 7) is 0.631. The summed E-state index contributed by atoms with van der Waals surface area (Å²) >= 11 is 0. The van der Waals surface area contributed by atoms with E-state index in [-0.39, 0.29) is 12.2 Å². The summed E-state index contributed by atoms with van der Waals surface area (Å²) in [5.41, 5.74) is 0.548. The fourth-order valence-corrected chi connectivity index (χ4v) is 2.86. The van der Waals surface area contributed by atoms with Crippen molar-refractivity contribution in [2.24, 2.45) is 0 Å². The van der Waals surface area contributed by atoms with E-state index in [0.29, 0.717) is 23.8 Å². The van der Waals surface area contributed by atoms with E-state index in [9.17, 15) is 0 Å². The van der Waals surface area contributed by atoms with Crippen LogP contribution in [0.15, 0.2) is 18.3 Å². The van der Waals surface area contributed by atoms with Crippen molar-refractivity contribution in [1.29, 1.82) is 5.26 Å². The van der Waals surface area contributed by atoms with Crippen molar-refractivity contribution < 1.29 is 4.74 Å². The number of aromatic nitrogens is 4. The molecule has 2 fully saturated rings. The van der Waals surface area contributed by atoms with Gasteiger partial charge in [0.05, 0.1) is 11.7 Å². The maximum Gasteiger partial charge on any atom is 0.153 e. The molecule has 3 heterocycles. The molecule has 4 rings (SSSR count). The van der Waals surface area contributed by atoms with Crippen LogP contribution in [0.3, 0.4) is 0 Å². The molecule has 0 unspecified atom stereocenters. The molecule has 0 amide bonds. The van der Waals surface area contributed by atoms with Gasteiger partial charge in [0.15, 0.2) is 11.6 Å². The summed E-state index contributed by atoms with van der Waals surface area (Å²) in [6.07, 6.45) is 6.02. The number of hydrogen-bond donors (Lipinski definition) is 2. The van der Waals surface area contributed by atoms with E-state index in [4.69, 9.17) is 10.00 Å². The van der Waals surface area contributed by atoms with Gasteiger partial charge in [-0.3, -0.25) is 5.10 Å². The SMILES string of the molecule is N#Cc1cccnc1NC[C@H]1CC[C@@H](c2nc(C3CC3)n[nH]2)O1. The van der Waals surface area contributed by atoms with Gasteiger partial charge in [-0.1, -0.05) is 0 Å². The largest absolute Gasteiger partial charge is 0.366 e. The Hall–Kier alpha value is -2.46. The summed E-state index contributed by atoms with van der Waals surface area (Å²) in [4.78, 5) is 8.77. The number of H-pyrrole nitrogens is 1. The Kier molecular flexibility index (Phi) is 3.67. The van der Waals surface area contributed by atoms with Crippen molar-refractivity contribution in [2.75, 3.05) is 11.9 Å². The van der Waals surface area contributed by atoms with Crippen LogP contribution < -0.4 is 5.32 Å². The molecule has 1 aliphatic heterocycles. The van der Waals surface area contributed by atoms with Gasteiger partial charge >= 0.3 is 0 Å². The molecule has 1 aliphatic carbocycles. The minimum Gasteiger partial charge on any atom is -0.366 e. The molecular weight excluding hydrogens is 292 g/mol. The zero-order valence-corrected chi connectivity index (χ0v) is 12.7. The average Bonchev–Trinajstić information content (AvgIpc) is 3.13. The Balaban J connectivity index is 1.34. The smallest absolute Gasteiger partial charge is 0.153 e. The molecule has 2 aromatic heterocycles. The van der Waals surface area contributed by atoms with Crippen molar-refractivity contribution in [2.45, 2.75) is 43.8 Å². The molecule has 0 bridgehead atoms. The molecule has 1 saturated heterocycles. The fourth-order valence-electron chi connectivity index (χ4n) is 2.86. The first-order valence-electron chi connectivity index (χ1n) is 8.00. The van der Waals surface area contributed by atoms with Crippen molar-refractivity contribution in [3.05, 3.63) is 35.5 Å². The Morgan fingerprint density at radius 1 is 1.35 bits per heavy atom. The molecule has 23 heavy (non-hydrogen) atoms. The van der Waals surface area contributed by atoms with Gasteiger partial charge in [0.2, 0.25) is 0 Å². The number of anilines is 1. The molecule has 0 spiro atoms. The lowest BCUT2D eigenvalue weighted by Crippen LogP contribution is -2.20. The summed E-state index contributed by atoms with van der Waals surface area (Å²) in [5, 5.41) is 19.6. The Bertz CT molecular complexity index is 732. The van der Waals surface area contributed by atoms with Crippen molar-refractivity contribution in [3.63, 3.8) is 0 Å². The fraction of sp³-hybridized carbons (Fsp3) is 0.500. The van der Waals surface area contributed by atoms with Crippen LogP contribution in [0.2, 0.25) is 0 Å². The van der Waals surface area contributed by atoms with Crippen LogP contribution in [0, 0.1) is 11.3 Å². The van der Waals surface area contributed by atoms with E-state index in [2.05, 4.69) is 31.6 Å². The predicted molar refractivity (Wildman–Crippen MR) is 82.6 cm³/mol. The van der Waals surface area contributed by atoms with Gasteiger partial charge in [0.1, 0.15) is 18.0 Å². The van der Waals surface area contributed by atoms with Gasteiger partial charge in [0.25, 0.3) is 0 Å².